The predicted molar refractivity (Wildman–Crippen MR) is 126 cm³/mol. The van der Waals surface area contributed by atoms with Crippen LogP contribution in [0.4, 0.5) is 22.1 Å². The minimum Gasteiger partial charge on any atom is -0.405 e. The van der Waals surface area contributed by atoms with Crippen molar-refractivity contribution in [3.8, 4) is 11.1 Å². The summed E-state index contributed by atoms with van der Waals surface area (Å²) in [6.45, 7) is 0. The van der Waals surface area contributed by atoms with Crippen LogP contribution in [0, 0.1) is 0 Å². The van der Waals surface area contributed by atoms with Crippen molar-refractivity contribution in [2.75, 3.05) is 29.6 Å². The van der Waals surface area contributed by atoms with Crippen LogP contribution in [0.2, 0.25) is 5.02 Å². The molecule has 0 bridgehead atoms. The topological polar surface area (TPSA) is 74.6 Å². The highest BCUT2D eigenvalue weighted by Gasteiger charge is 2.18. The van der Waals surface area contributed by atoms with E-state index in [0.717, 1.165) is 11.3 Å². The van der Waals surface area contributed by atoms with Gasteiger partial charge in [0.05, 0.1) is 10.9 Å². The number of anilines is 3. The van der Waals surface area contributed by atoms with Gasteiger partial charge in [0.15, 0.2) is 0 Å². The molecule has 0 unspecified atom stereocenters. The minimum absolute atomic E-state index is 0.0494. The van der Waals surface area contributed by atoms with E-state index in [1.54, 1.807) is 30.3 Å². The second-order valence-corrected chi connectivity index (χ2v) is 7.61. The van der Waals surface area contributed by atoms with Crippen LogP contribution >= 0.6 is 11.6 Å². The maximum Gasteiger partial charge on any atom is 0.345 e. The fourth-order valence-electron chi connectivity index (χ4n) is 3.31. The van der Waals surface area contributed by atoms with E-state index in [1.807, 2.05) is 61.5 Å². The fraction of sp³-hybridized carbons (Fsp3) is 0.0833. The quantitative estimate of drug-likeness (QED) is 0.425. The molecule has 156 valence electrons. The number of fused-ring (bicyclic) bond motifs is 1. The summed E-state index contributed by atoms with van der Waals surface area (Å²) in [6.07, 6.45) is 0. The summed E-state index contributed by atoms with van der Waals surface area (Å²) < 4.78 is 5.50. The summed E-state index contributed by atoms with van der Waals surface area (Å²) in [6, 6.07) is 21.2. The van der Waals surface area contributed by atoms with Crippen molar-refractivity contribution >= 4 is 45.7 Å². The van der Waals surface area contributed by atoms with E-state index in [2.05, 4.69) is 10.6 Å². The maximum atomic E-state index is 12.7. The number of benzene rings is 3. The molecular weight excluding hydrogens is 414 g/mol. The Kier molecular flexibility index (Phi) is 5.64. The van der Waals surface area contributed by atoms with Gasteiger partial charge in [0, 0.05) is 35.9 Å². The Labute approximate surface area is 184 Å². The van der Waals surface area contributed by atoms with E-state index in [0.29, 0.717) is 27.0 Å². The molecule has 0 aliphatic rings. The summed E-state index contributed by atoms with van der Waals surface area (Å²) in [5.74, 6) is 0.0494. The SMILES string of the molecule is CN(C)c1ccc(NC(=O)Nc2oc(=O)c3ccc(Cl)cc3c2-c2ccccc2)cc1. The van der Waals surface area contributed by atoms with Gasteiger partial charge in [-0.3, -0.25) is 5.32 Å². The van der Waals surface area contributed by atoms with Gasteiger partial charge in [-0.1, -0.05) is 41.9 Å². The lowest BCUT2D eigenvalue weighted by Crippen LogP contribution is -2.21. The van der Waals surface area contributed by atoms with E-state index < -0.39 is 11.7 Å². The van der Waals surface area contributed by atoms with Crippen LogP contribution in [-0.4, -0.2) is 20.1 Å². The monoisotopic (exact) mass is 433 g/mol. The van der Waals surface area contributed by atoms with Crippen LogP contribution in [-0.2, 0) is 0 Å². The molecule has 0 aliphatic heterocycles. The van der Waals surface area contributed by atoms with Gasteiger partial charge in [-0.2, -0.15) is 0 Å². The molecule has 0 spiro atoms. The molecule has 31 heavy (non-hydrogen) atoms. The molecule has 1 heterocycles. The van der Waals surface area contributed by atoms with E-state index >= 15 is 0 Å². The number of carbonyl (C=O) groups excluding carboxylic acids is 1. The second kappa shape index (κ2) is 8.53. The van der Waals surface area contributed by atoms with Crippen molar-refractivity contribution in [1.82, 2.24) is 0 Å². The largest absolute Gasteiger partial charge is 0.405 e. The average molecular weight is 434 g/mol. The van der Waals surface area contributed by atoms with Crippen LogP contribution in [0.25, 0.3) is 21.9 Å². The third kappa shape index (κ3) is 4.39. The van der Waals surface area contributed by atoms with E-state index in [1.165, 1.54) is 0 Å². The molecule has 0 radical (unpaired) electrons. The number of nitrogens with zero attached hydrogens (tertiary/aromatic N) is 1. The van der Waals surface area contributed by atoms with Gasteiger partial charge in [-0.15, -0.1) is 0 Å². The summed E-state index contributed by atoms with van der Waals surface area (Å²) >= 11 is 6.20. The van der Waals surface area contributed by atoms with Crippen LogP contribution in [0.1, 0.15) is 0 Å². The molecule has 0 fully saturated rings. The lowest BCUT2D eigenvalue weighted by atomic mass is 10.0. The molecule has 3 aromatic carbocycles. The molecule has 0 aliphatic carbocycles. The highest BCUT2D eigenvalue weighted by atomic mass is 35.5. The Morgan fingerprint density at radius 3 is 2.29 bits per heavy atom. The van der Waals surface area contributed by atoms with E-state index in [9.17, 15) is 9.59 Å². The van der Waals surface area contributed by atoms with Gasteiger partial charge < -0.3 is 14.6 Å². The highest BCUT2D eigenvalue weighted by molar-refractivity contribution is 6.31. The Balaban J connectivity index is 1.73. The molecule has 7 heteroatoms. The van der Waals surface area contributed by atoms with Gasteiger partial charge >= 0.3 is 11.7 Å². The van der Waals surface area contributed by atoms with Crippen LogP contribution in [0.15, 0.2) is 82.0 Å². The van der Waals surface area contributed by atoms with E-state index in [4.69, 9.17) is 16.0 Å². The Hall–Kier alpha value is -3.77. The second-order valence-electron chi connectivity index (χ2n) is 7.17. The van der Waals surface area contributed by atoms with Crippen LogP contribution in [0.5, 0.6) is 0 Å². The minimum atomic E-state index is -0.558. The number of nitrogens with one attached hydrogen (secondary N) is 2. The average Bonchev–Trinajstić information content (AvgIpc) is 2.74. The predicted octanol–water partition coefficient (Wildman–Crippen LogP) is 5.82. The Morgan fingerprint density at radius 2 is 1.61 bits per heavy atom. The third-order valence-corrected chi connectivity index (χ3v) is 5.06. The summed E-state index contributed by atoms with van der Waals surface area (Å²) in [5.41, 5.74) is 2.42. The zero-order valence-electron chi connectivity index (χ0n) is 17.0. The lowest BCUT2D eigenvalue weighted by Gasteiger charge is -2.15. The first-order valence-corrected chi connectivity index (χ1v) is 9.97. The number of rotatable bonds is 4. The van der Waals surface area contributed by atoms with Crippen molar-refractivity contribution in [3.63, 3.8) is 0 Å². The van der Waals surface area contributed by atoms with Gasteiger partial charge in [0.2, 0.25) is 5.88 Å². The van der Waals surface area contributed by atoms with Gasteiger partial charge in [-0.25, -0.2) is 9.59 Å². The molecule has 6 nitrogen and oxygen atoms in total. The lowest BCUT2D eigenvalue weighted by molar-refractivity contribution is 0.261. The molecule has 2 N–H and O–H groups in total. The summed E-state index contributed by atoms with van der Waals surface area (Å²) in [4.78, 5) is 27.2. The first-order valence-electron chi connectivity index (χ1n) is 9.59. The van der Waals surface area contributed by atoms with Gasteiger partial charge in [-0.05, 0) is 48.0 Å². The number of carbonyl (C=O) groups is 1. The zero-order valence-corrected chi connectivity index (χ0v) is 17.7. The molecule has 0 saturated carbocycles. The molecule has 0 saturated heterocycles. The molecule has 4 rings (SSSR count). The third-order valence-electron chi connectivity index (χ3n) is 4.82. The molecule has 2 amide bonds. The first kappa shape index (κ1) is 20.5. The van der Waals surface area contributed by atoms with Gasteiger partial charge in [0.1, 0.15) is 0 Å². The molecule has 0 atom stereocenters. The number of hydrogen-bond acceptors (Lipinski definition) is 4. The van der Waals surface area contributed by atoms with Crippen molar-refractivity contribution in [2.24, 2.45) is 0 Å². The Bertz CT molecular complexity index is 1300. The number of urea groups is 1. The number of amides is 2. The number of hydrogen-bond donors (Lipinski definition) is 2. The molecular formula is C24H20ClN3O3. The highest BCUT2D eigenvalue weighted by Crippen LogP contribution is 2.35. The molecule has 1 aromatic heterocycles. The molecule has 4 aromatic rings. The normalized spacial score (nSPS) is 10.7. The van der Waals surface area contributed by atoms with Crippen LogP contribution in [0.3, 0.4) is 0 Å². The zero-order chi connectivity index (χ0) is 22.0. The van der Waals surface area contributed by atoms with Crippen LogP contribution < -0.4 is 21.2 Å². The number of halogens is 1. The fourth-order valence-corrected chi connectivity index (χ4v) is 3.48. The van der Waals surface area contributed by atoms with Crippen molar-refractivity contribution in [1.29, 1.82) is 0 Å². The standard InChI is InChI=1S/C24H20ClN3O3/c1-28(2)18-11-9-17(10-12-18)26-24(30)27-22-21(15-6-4-3-5-7-15)20-14-16(25)8-13-19(20)23(29)31-22/h3-14H,1-2H3,(H2,26,27,30). The van der Waals surface area contributed by atoms with Crippen molar-refractivity contribution in [2.45, 2.75) is 0 Å². The Morgan fingerprint density at radius 1 is 0.903 bits per heavy atom. The summed E-state index contributed by atoms with van der Waals surface area (Å²) in [5, 5.41) is 6.89. The maximum absolute atomic E-state index is 12.7. The summed E-state index contributed by atoms with van der Waals surface area (Å²) in [7, 11) is 3.88. The first-order chi connectivity index (χ1) is 14.9. The van der Waals surface area contributed by atoms with Gasteiger partial charge in [0.25, 0.3) is 0 Å². The van der Waals surface area contributed by atoms with Crippen molar-refractivity contribution < 1.29 is 9.21 Å². The smallest absolute Gasteiger partial charge is 0.345 e. The van der Waals surface area contributed by atoms with Crippen molar-refractivity contribution in [3.05, 3.63) is 88.2 Å². The van der Waals surface area contributed by atoms with E-state index in [-0.39, 0.29) is 5.88 Å².